The van der Waals surface area contributed by atoms with Crippen LogP contribution in [0.5, 0.6) is 0 Å². The van der Waals surface area contributed by atoms with Crippen LogP contribution in [0.2, 0.25) is 0 Å². The van der Waals surface area contributed by atoms with E-state index in [4.69, 9.17) is 0 Å². The van der Waals surface area contributed by atoms with Crippen LogP contribution in [0.15, 0.2) is 54.6 Å². The first-order chi connectivity index (χ1) is 12.1. The Morgan fingerprint density at radius 2 is 1.80 bits per heavy atom. The number of hydrogen-bond acceptors (Lipinski definition) is 2. The molecule has 1 saturated heterocycles. The molecular formula is C21H24N2O2. The summed E-state index contributed by atoms with van der Waals surface area (Å²) in [6.07, 6.45) is 1.16. The van der Waals surface area contributed by atoms with Crippen LogP contribution in [0, 0.1) is 5.92 Å². The van der Waals surface area contributed by atoms with Crippen molar-refractivity contribution in [2.75, 3.05) is 18.5 Å². The number of aryl methyl sites for hydroxylation is 1. The average molecular weight is 336 g/mol. The van der Waals surface area contributed by atoms with Gasteiger partial charge in [-0.3, -0.25) is 9.59 Å². The molecule has 0 radical (unpaired) electrons. The molecule has 1 unspecified atom stereocenters. The maximum atomic E-state index is 12.8. The van der Waals surface area contributed by atoms with Gasteiger partial charge in [0.05, 0.1) is 5.92 Å². The molecular weight excluding hydrogens is 312 g/mol. The summed E-state index contributed by atoms with van der Waals surface area (Å²) in [6.45, 7) is 3.11. The van der Waals surface area contributed by atoms with Crippen molar-refractivity contribution in [3.63, 3.8) is 0 Å². The molecule has 0 bridgehead atoms. The van der Waals surface area contributed by atoms with Crippen LogP contribution < -0.4 is 4.90 Å². The minimum absolute atomic E-state index is 0.0346. The summed E-state index contributed by atoms with van der Waals surface area (Å²) in [5.74, 6) is -0.202. The van der Waals surface area contributed by atoms with Crippen molar-refractivity contribution in [1.82, 2.24) is 4.90 Å². The van der Waals surface area contributed by atoms with Crippen molar-refractivity contribution >= 4 is 17.5 Å². The van der Waals surface area contributed by atoms with Crippen molar-refractivity contribution < 1.29 is 9.59 Å². The first-order valence-corrected chi connectivity index (χ1v) is 8.77. The number of rotatable bonds is 5. The van der Waals surface area contributed by atoms with E-state index in [1.54, 1.807) is 9.80 Å². The zero-order valence-corrected chi connectivity index (χ0v) is 14.8. The first-order valence-electron chi connectivity index (χ1n) is 8.77. The molecule has 1 aliphatic rings. The molecule has 0 N–H and O–H groups in total. The summed E-state index contributed by atoms with van der Waals surface area (Å²) in [7, 11) is 1.81. The molecule has 1 heterocycles. The monoisotopic (exact) mass is 336 g/mol. The van der Waals surface area contributed by atoms with E-state index in [0.717, 1.165) is 23.2 Å². The lowest BCUT2D eigenvalue weighted by Gasteiger charge is -2.22. The van der Waals surface area contributed by atoms with E-state index < -0.39 is 0 Å². The molecule has 130 valence electrons. The standard InChI is InChI=1S/C21H24N2O2/c1-3-17-11-7-8-12-19(17)23-15-18(13-20(23)24)21(25)22(2)14-16-9-5-4-6-10-16/h4-12,18H,3,13-15H2,1-2H3. The van der Waals surface area contributed by atoms with Gasteiger partial charge < -0.3 is 9.80 Å². The second-order valence-corrected chi connectivity index (χ2v) is 6.57. The number of benzene rings is 2. The van der Waals surface area contributed by atoms with Crippen LogP contribution in [0.1, 0.15) is 24.5 Å². The highest BCUT2D eigenvalue weighted by molar-refractivity contribution is 6.00. The molecule has 1 aliphatic heterocycles. The molecule has 1 atom stereocenters. The maximum absolute atomic E-state index is 12.8. The topological polar surface area (TPSA) is 40.6 Å². The fraction of sp³-hybridized carbons (Fsp3) is 0.333. The van der Waals surface area contributed by atoms with Gasteiger partial charge in [0.25, 0.3) is 0 Å². The molecule has 0 aromatic heterocycles. The number of nitrogens with zero attached hydrogens (tertiary/aromatic N) is 2. The first kappa shape index (κ1) is 17.2. The Morgan fingerprint density at radius 3 is 2.52 bits per heavy atom. The van der Waals surface area contributed by atoms with E-state index in [2.05, 4.69) is 6.92 Å². The second kappa shape index (κ2) is 7.51. The maximum Gasteiger partial charge on any atom is 0.228 e. The number of hydrogen-bond donors (Lipinski definition) is 0. The molecule has 2 aromatic carbocycles. The largest absolute Gasteiger partial charge is 0.341 e. The molecule has 4 nitrogen and oxygen atoms in total. The highest BCUT2D eigenvalue weighted by Gasteiger charge is 2.37. The lowest BCUT2D eigenvalue weighted by Crippen LogP contribution is -2.34. The van der Waals surface area contributed by atoms with Crippen LogP contribution in [0.3, 0.4) is 0 Å². The summed E-state index contributed by atoms with van der Waals surface area (Å²) in [5, 5.41) is 0. The second-order valence-electron chi connectivity index (χ2n) is 6.57. The van der Waals surface area contributed by atoms with Crippen molar-refractivity contribution in [3.05, 3.63) is 65.7 Å². The summed E-state index contributed by atoms with van der Waals surface area (Å²) >= 11 is 0. The molecule has 1 fully saturated rings. The third-order valence-corrected chi connectivity index (χ3v) is 4.78. The van der Waals surface area contributed by atoms with Crippen molar-refractivity contribution in [3.8, 4) is 0 Å². The van der Waals surface area contributed by atoms with Crippen LogP contribution in [0.4, 0.5) is 5.69 Å². The van der Waals surface area contributed by atoms with Crippen molar-refractivity contribution in [2.45, 2.75) is 26.3 Å². The van der Waals surface area contributed by atoms with Crippen LogP contribution in [0.25, 0.3) is 0 Å². The van der Waals surface area contributed by atoms with Gasteiger partial charge in [0.1, 0.15) is 0 Å². The number of carbonyl (C=O) groups is 2. The third-order valence-electron chi connectivity index (χ3n) is 4.78. The Bertz CT molecular complexity index is 758. The minimum atomic E-state index is -0.272. The van der Waals surface area contributed by atoms with E-state index in [-0.39, 0.29) is 24.2 Å². The van der Waals surface area contributed by atoms with Gasteiger partial charge in [-0.15, -0.1) is 0 Å². The summed E-state index contributed by atoms with van der Waals surface area (Å²) in [6, 6.07) is 17.9. The van der Waals surface area contributed by atoms with Gasteiger partial charge in [0.15, 0.2) is 0 Å². The van der Waals surface area contributed by atoms with Gasteiger partial charge in [0.2, 0.25) is 11.8 Å². The lowest BCUT2D eigenvalue weighted by molar-refractivity contribution is -0.135. The Labute approximate surface area is 149 Å². The Balaban J connectivity index is 1.70. The fourth-order valence-electron chi connectivity index (χ4n) is 3.43. The average Bonchev–Trinajstić information content (AvgIpc) is 3.03. The van der Waals surface area contributed by atoms with Crippen LogP contribution in [-0.4, -0.2) is 30.3 Å². The normalized spacial score (nSPS) is 17.0. The van der Waals surface area contributed by atoms with Crippen molar-refractivity contribution in [2.24, 2.45) is 5.92 Å². The number of anilines is 1. The van der Waals surface area contributed by atoms with Gasteiger partial charge >= 0.3 is 0 Å². The third kappa shape index (κ3) is 3.73. The predicted molar refractivity (Wildman–Crippen MR) is 99.2 cm³/mol. The van der Waals surface area contributed by atoms with Gasteiger partial charge in [-0.05, 0) is 23.6 Å². The Hall–Kier alpha value is -2.62. The number of carbonyl (C=O) groups excluding carboxylic acids is 2. The molecule has 0 saturated carbocycles. The molecule has 2 aromatic rings. The number of amides is 2. The van der Waals surface area contributed by atoms with Gasteiger partial charge in [-0.1, -0.05) is 55.5 Å². The summed E-state index contributed by atoms with van der Waals surface area (Å²) < 4.78 is 0. The van der Waals surface area contributed by atoms with Crippen LogP contribution in [-0.2, 0) is 22.6 Å². The van der Waals surface area contributed by atoms with E-state index in [1.807, 2.05) is 61.6 Å². The van der Waals surface area contributed by atoms with Gasteiger partial charge in [-0.25, -0.2) is 0 Å². The minimum Gasteiger partial charge on any atom is -0.341 e. The lowest BCUT2D eigenvalue weighted by atomic mass is 10.1. The molecule has 25 heavy (non-hydrogen) atoms. The van der Waals surface area contributed by atoms with E-state index in [9.17, 15) is 9.59 Å². The zero-order valence-electron chi connectivity index (χ0n) is 14.8. The van der Waals surface area contributed by atoms with E-state index in [0.29, 0.717) is 13.1 Å². The van der Waals surface area contributed by atoms with E-state index in [1.165, 1.54) is 0 Å². The van der Waals surface area contributed by atoms with Gasteiger partial charge in [0, 0.05) is 32.2 Å². The van der Waals surface area contributed by atoms with Crippen molar-refractivity contribution in [1.29, 1.82) is 0 Å². The Kier molecular flexibility index (Phi) is 5.17. The molecule has 0 spiro atoms. The SMILES string of the molecule is CCc1ccccc1N1CC(C(=O)N(C)Cc2ccccc2)CC1=O. The number of para-hydroxylation sites is 1. The quantitative estimate of drug-likeness (QED) is 0.841. The summed E-state index contributed by atoms with van der Waals surface area (Å²) in [4.78, 5) is 28.8. The summed E-state index contributed by atoms with van der Waals surface area (Å²) in [5.41, 5.74) is 3.17. The van der Waals surface area contributed by atoms with Crippen LogP contribution >= 0.6 is 0 Å². The Morgan fingerprint density at radius 1 is 1.12 bits per heavy atom. The molecule has 2 amide bonds. The molecule has 3 rings (SSSR count). The zero-order chi connectivity index (χ0) is 17.8. The highest BCUT2D eigenvalue weighted by atomic mass is 16.2. The smallest absolute Gasteiger partial charge is 0.228 e. The molecule has 0 aliphatic carbocycles. The predicted octanol–water partition coefficient (Wildman–Crippen LogP) is 3.26. The molecule has 4 heteroatoms. The fourth-order valence-corrected chi connectivity index (χ4v) is 3.43. The van der Waals surface area contributed by atoms with Gasteiger partial charge in [-0.2, -0.15) is 0 Å². The van der Waals surface area contributed by atoms with E-state index >= 15 is 0 Å². The highest BCUT2D eigenvalue weighted by Crippen LogP contribution is 2.29.